The zero-order valence-corrected chi connectivity index (χ0v) is 55.3. The second-order valence-electron chi connectivity index (χ2n) is 26.0. The molecule has 482 valence electrons. The molecule has 2 atom stereocenters. The molecular weight excluding hydrogens is 995 g/mol. The van der Waals surface area contributed by atoms with Gasteiger partial charge in [0, 0.05) is 12.8 Å². The molecule has 0 radical (unpaired) electrons. The molecule has 0 aromatic carbocycles. The first kappa shape index (κ1) is 79.6. The van der Waals surface area contributed by atoms with Crippen molar-refractivity contribution in [3.05, 3.63) is 12.2 Å². The Morgan fingerprint density at radius 3 is 0.877 bits per heavy atom. The molecule has 0 aromatic rings. The molecule has 0 aliphatic carbocycles. The Morgan fingerprint density at radius 1 is 0.333 bits per heavy atom. The van der Waals surface area contributed by atoms with Crippen LogP contribution in [0.1, 0.15) is 431 Å². The molecule has 1 amide bonds. The van der Waals surface area contributed by atoms with Gasteiger partial charge >= 0.3 is 5.97 Å². The third-order valence-electron chi connectivity index (χ3n) is 17.8. The van der Waals surface area contributed by atoms with E-state index in [1.165, 1.54) is 360 Å². The summed E-state index contributed by atoms with van der Waals surface area (Å²) < 4.78 is 5.51. The summed E-state index contributed by atoms with van der Waals surface area (Å²) >= 11 is 0. The maximum atomic E-state index is 12.5. The fourth-order valence-corrected chi connectivity index (χ4v) is 12.1. The molecule has 0 saturated heterocycles. The third-order valence-corrected chi connectivity index (χ3v) is 17.8. The first-order valence-corrected chi connectivity index (χ1v) is 37.4. The first-order valence-electron chi connectivity index (χ1n) is 37.4. The van der Waals surface area contributed by atoms with E-state index in [0.717, 1.165) is 38.5 Å². The molecule has 2 unspecified atom stereocenters. The summed E-state index contributed by atoms with van der Waals surface area (Å²) in [6, 6.07) is -0.540. The number of aliphatic hydroxyl groups is 2. The van der Waals surface area contributed by atoms with Crippen LogP contribution < -0.4 is 5.32 Å². The summed E-state index contributed by atoms with van der Waals surface area (Å²) in [6.07, 6.45) is 88.5. The van der Waals surface area contributed by atoms with Crippen LogP contribution in [0.5, 0.6) is 0 Å². The topological polar surface area (TPSA) is 95.9 Å². The van der Waals surface area contributed by atoms with Crippen molar-refractivity contribution in [2.45, 2.75) is 443 Å². The third kappa shape index (κ3) is 67.6. The second-order valence-corrected chi connectivity index (χ2v) is 26.0. The van der Waals surface area contributed by atoms with E-state index < -0.39 is 12.1 Å². The summed E-state index contributed by atoms with van der Waals surface area (Å²) in [7, 11) is 0. The van der Waals surface area contributed by atoms with E-state index in [0.29, 0.717) is 25.9 Å². The highest BCUT2D eigenvalue weighted by atomic mass is 16.5. The van der Waals surface area contributed by atoms with Crippen molar-refractivity contribution < 1.29 is 24.5 Å². The van der Waals surface area contributed by atoms with Gasteiger partial charge in [-0.25, -0.2) is 0 Å². The Kier molecular flexibility index (Phi) is 69.9. The van der Waals surface area contributed by atoms with Gasteiger partial charge in [-0.3, -0.25) is 9.59 Å². The Morgan fingerprint density at radius 2 is 0.580 bits per heavy atom. The minimum Gasteiger partial charge on any atom is -0.466 e. The SMILES string of the molecule is CCCCCCCCCCCCCCCCCCCCC(O)C(CO)NC(=O)CCCCCCCCCCCCCCCC/C=C\CCCCCCCCCCCCCCOC(=O)CCCCCCCCCCCCCCCCCC. The fraction of sp³-hybridized carbons (Fsp3) is 0.947. The van der Waals surface area contributed by atoms with Gasteiger partial charge in [-0.2, -0.15) is 0 Å². The minimum absolute atomic E-state index is 0.0217. The summed E-state index contributed by atoms with van der Waals surface area (Å²) in [5, 5.41) is 23.4. The average Bonchev–Trinajstić information content (AvgIpc) is 3.47. The monoisotopic (exact) mass is 1140 g/mol. The van der Waals surface area contributed by atoms with Gasteiger partial charge in [-0.05, 0) is 51.4 Å². The molecule has 6 heteroatoms. The van der Waals surface area contributed by atoms with E-state index in [4.69, 9.17) is 4.74 Å². The maximum absolute atomic E-state index is 12.5. The molecule has 0 aromatic heterocycles. The number of aliphatic hydroxyl groups excluding tert-OH is 2. The lowest BCUT2D eigenvalue weighted by Crippen LogP contribution is -2.45. The van der Waals surface area contributed by atoms with E-state index in [-0.39, 0.29) is 18.5 Å². The number of hydrogen-bond donors (Lipinski definition) is 3. The van der Waals surface area contributed by atoms with E-state index in [9.17, 15) is 19.8 Å². The largest absolute Gasteiger partial charge is 0.466 e. The van der Waals surface area contributed by atoms with Crippen LogP contribution in [0.25, 0.3) is 0 Å². The molecule has 3 N–H and O–H groups in total. The Balaban J connectivity index is 3.35. The predicted octanol–water partition coefficient (Wildman–Crippen LogP) is 24.3. The highest BCUT2D eigenvalue weighted by molar-refractivity contribution is 5.76. The molecule has 81 heavy (non-hydrogen) atoms. The van der Waals surface area contributed by atoms with Crippen molar-refractivity contribution in [1.29, 1.82) is 0 Å². The Labute approximate surface area is 508 Å². The first-order chi connectivity index (χ1) is 40.0. The molecule has 0 spiro atoms. The van der Waals surface area contributed by atoms with Gasteiger partial charge in [0.15, 0.2) is 0 Å². The van der Waals surface area contributed by atoms with Crippen LogP contribution in [0.2, 0.25) is 0 Å². The van der Waals surface area contributed by atoms with Crippen molar-refractivity contribution in [2.75, 3.05) is 13.2 Å². The van der Waals surface area contributed by atoms with E-state index in [2.05, 4.69) is 31.3 Å². The van der Waals surface area contributed by atoms with E-state index in [1.807, 2.05) is 0 Å². The predicted molar refractivity (Wildman–Crippen MR) is 357 cm³/mol. The summed E-state index contributed by atoms with van der Waals surface area (Å²) in [5.41, 5.74) is 0. The smallest absolute Gasteiger partial charge is 0.305 e. The lowest BCUT2D eigenvalue weighted by atomic mass is 10.0. The van der Waals surface area contributed by atoms with Crippen LogP contribution in [0.3, 0.4) is 0 Å². The average molecular weight is 1140 g/mol. The number of carbonyl (C=O) groups excluding carboxylic acids is 2. The number of carbonyl (C=O) groups is 2. The van der Waals surface area contributed by atoms with E-state index in [1.54, 1.807) is 0 Å². The van der Waals surface area contributed by atoms with Crippen LogP contribution in [-0.2, 0) is 14.3 Å². The van der Waals surface area contributed by atoms with E-state index >= 15 is 0 Å². The van der Waals surface area contributed by atoms with Gasteiger partial charge in [-0.15, -0.1) is 0 Å². The quantitative estimate of drug-likeness (QED) is 0.0320. The molecule has 0 fully saturated rings. The van der Waals surface area contributed by atoms with Gasteiger partial charge in [0.05, 0.1) is 25.4 Å². The minimum atomic E-state index is -0.663. The van der Waals surface area contributed by atoms with Crippen LogP contribution in [0, 0.1) is 0 Å². The molecule has 0 bridgehead atoms. The molecule has 6 nitrogen and oxygen atoms in total. The van der Waals surface area contributed by atoms with Crippen molar-refractivity contribution >= 4 is 11.9 Å². The van der Waals surface area contributed by atoms with Gasteiger partial charge in [0.25, 0.3) is 0 Å². The van der Waals surface area contributed by atoms with Crippen LogP contribution in [0.4, 0.5) is 0 Å². The Bertz CT molecular complexity index is 1220. The number of amides is 1. The fourth-order valence-electron chi connectivity index (χ4n) is 12.1. The summed E-state index contributed by atoms with van der Waals surface area (Å²) in [6.45, 7) is 5.01. The van der Waals surface area contributed by atoms with Gasteiger partial charge in [0.2, 0.25) is 5.91 Å². The molecule has 0 saturated carbocycles. The number of nitrogens with one attached hydrogen (secondary N) is 1. The second kappa shape index (κ2) is 71.1. The maximum Gasteiger partial charge on any atom is 0.305 e. The standard InChI is InChI=1S/C75H147NO5/c1-3-5-7-9-11-13-15-17-19-21-36-39-43-47-51-55-59-63-67-73(78)72(71-77)76-74(79)68-64-60-56-52-48-44-40-37-34-32-30-28-26-24-22-23-25-27-29-31-33-35-38-42-46-50-54-58-62-66-70-81-75(80)69-65-61-57-53-49-45-41-20-18-16-14-12-10-8-6-4-2/h23,25,72-73,77-78H,3-22,24,26-71H2,1-2H3,(H,76,79)/b25-23-. The number of esters is 1. The number of ether oxygens (including phenoxy) is 1. The van der Waals surface area contributed by atoms with Gasteiger partial charge in [-0.1, -0.05) is 379 Å². The lowest BCUT2D eigenvalue weighted by Gasteiger charge is -2.22. The number of hydrogen-bond acceptors (Lipinski definition) is 5. The molecule has 0 aliphatic heterocycles. The lowest BCUT2D eigenvalue weighted by molar-refractivity contribution is -0.143. The van der Waals surface area contributed by atoms with Crippen molar-refractivity contribution in [2.24, 2.45) is 0 Å². The van der Waals surface area contributed by atoms with Crippen molar-refractivity contribution in [3.8, 4) is 0 Å². The summed E-state index contributed by atoms with van der Waals surface area (Å²) in [4.78, 5) is 24.6. The van der Waals surface area contributed by atoms with Crippen LogP contribution in [0.15, 0.2) is 12.2 Å². The van der Waals surface area contributed by atoms with Crippen molar-refractivity contribution in [3.63, 3.8) is 0 Å². The molecule has 0 rings (SSSR count). The zero-order valence-electron chi connectivity index (χ0n) is 55.3. The van der Waals surface area contributed by atoms with Gasteiger partial charge < -0.3 is 20.3 Å². The highest BCUT2D eigenvalue weighted by Crippen LogP contribution is 2.20. The number of rotatable bonds is 71. The highest BCUT2D eigenvalue weighted by Gasteiger charge is 2.20. The van der Waals surface area contributed by atoms with Crippen LogP contribution in [-0.4, -0.2) is 47.4 Å². The number of unbranched alkanes of at least 4 members (excludes halogenated alkanes) is 58. The zero-order chi connectivity index (χ0) is 58.5. The van der Waals surface area contributed by atoms with Crippen LogP contribution >= 0.6 is 0 Å². The summed E-state index contributed by atoms with van der Waals surface area (Å²) in [5.74, 6) is -0.00713. The molecule has 0 heterocycles. The molecule has 0 aliphatic rings. The van der Waals surface area contributed by atoms with Crippen molar-refractivity contribution in [1.82, 2.24) is 5.32 Å². The normalized spacial score (nSPS) is 12.5. The number of allylic oxidation sites excluding steroid dienone is 2. The van der Waals surface area contributed by atoms with Gasteiger partial charge in [0.1, 0.15) is 0 Å². The Hall–Kier alpha value is -1.40. The molecular formula is C75H147NO5.